The number of carbonyl (C=O) groups is 1. The van der Waals surface area contributed by atoms with Crippen LogP contribution >= 0.6 is 11.6 Å². The average molecular weight is 392 g/mol. The minimum absolute atomic E-state index is 0.144. The van der Waals surface area contributed by atoms with Crippen molar-refractivity contribution in [3.05, 3.63) is 52.5 Å². The number of methoxy groups -OCH3 is 2. The largest absolute Gasteiger partial charge is 0.493 e. The Kier molecular flexibility index (Phi) is 7.80. The van der Waals surface area contributed by atoms with E-state index in [1.165, 1.54) is 0 Å². The van der Waals surface area contributed by atoms with Crippen LogP contribution in [0.15, 0.2) is 36.4 Å². The summed E-state index contributed by atoms with van der Waals surface area (Å²) in [4.78, 5) is 12.2. The molecule has 0 fully saturated rings. The summed E-state index contributed by atoms with van der Waals surface area (Å²) in [6.07, 6.45) is 1.06. The topological polar surface area (TPSA) is 56.8 Å². The molecule has 1 N–H and O–H groups in total. The number of carbonyl (C=O) groups excluding carboxylic acids is 1. The Balaban J connectivity index is 1.77. The molecule has 0 radical (unpaired) electrons. The van der Waals surface area contributed by atoms with Crippen molar-refractivity contribution in [3.63, 3.8) is 0 Å². The number of amides is 1. The number of halogens is 1. The van der Waals surface area contributed by atoms with Gasteiger partial charge in [-0.1, -0.05) is 17.7 Å². The Labute approximate surface area is 165 Å². The quantitative estimate of drug-likeness (QED) is 0.651. The molecular weight excluding hydrogens is 366 g/mol. The van der Waals surface area contributed by atoms with Gasteiger partial charge >= 0.3 is 0 Å². The van der Waals surface area contributed by atoms with Gasteiger partial charge in [-0.2, -0.15) is 0 Å². The third-order valence-corrected chi connectivity index (χ3v) is 4.62. The molecule has 1 amide bonds. The Morgan fingerprint density at radius 2 is 1.85 bits per heavy atom. The standard InChI is InChI=1S/C21H26ClNO4/c1-14-12-17(8-9-18(14)22)27-15(2)21(24)23-11-5-6-16-7-10-19(25-3)20(13-16)26-4/h7-10,12-13,15H,5-6,11H2,1-4H3,(H,23,24)/t15-/m0/s1. The number of benzene rings is 2. The SMILES string of the molecule is COc1ccc(CCCNC(=O)[C@H](C)Oc2ccc(Cl)c(C)c2)cc1OC. The zero-order valence-corrected chi connectivity index (χ0v) is 16.9. The van der Waals surface area contributed by atoms with Gasteiger partial charge in [0.25, 0.3) is 5.91 Å². The second kappa shape index (κ2) is 10.1. The van der Waals surface area contributed by atoms with Crippen molar-refractivity contribution in [2.75, 3.05) is 20.8 Å². The lowest BCUT2D eigenvalue weighted by atomic mass is 10.1. The molecular formula is C21H26ClNO4. The van der Waals surface area contributed by atoms with Crippen molar-refractivity contribution in [2.45, 2.75) is 32.8 Å². The maximum Gasteiger partial charge on any atom is 0.260 e. The Hall–Kier alpha value is -2.40. The number of hydrogen-bond donors (Lipinski definition) is 1. The molecule has 0 aliphatic rings. The molecule has 2 aromatic carbocycles. The normalized spacial score (nSPS) is 11.6. The number of hydrogen-bond acceptors (Lipinski definition) is 4. The van der Waals surface area contributed by atoms with Crippen molar-refractivity contribution in [2.24, 2.45) is 0 Å². The van der Waals surface area contributed by atoms with Gasteiger partial charge in [-0.05, 0) is 68.1 Å². The van der Waals surface area contributed by atoms with Crippen LogP contribution in [0, 0.1) is 6.92 Å². The first kappa shape index (κ1) is 20.9. The summed E-state index contributed by atoms with van der Waals surface area (Å²) >= 11 is 6.00. The Morgan fingerprint density at radius 3 is 2.52 bits per heavy atom. The molecule has 0 spiro atoms. The van der Waals surface area contributed by atoms with E-state index in [0.717, 1.165) is 24.0 Å². The van der Waals surface area contributed by atoms with E-state index in [1.54, 1.807) is 33.3 Å². The maximum atomic E-state index is 12.2. The fourth-order valence-electron chi connectivity index (χ4n) is 2.63. The van der Waals surface area contributed by atoms with Crippen molar-refractivity contribution < 1.29 is 19.0 Å². The zero-order valence-electron chi connectivity index (χ0n) is 16.2. The van der Waals surface area contributed by atoms with Gasteiger partial charge in [0.15, 0.2) is 17.6 Å². The summed E-state index contributed by atoms with van der Waals surface area (Å²) in [7, 11) is 3.23. The first-order chi connectivity index (χ1) is 12.9. The van der Waals surface area contributed by atoms with Crippen molar-refractivity contribution in [1.82, 2.24) is 5.32 Å². The van der Waals surface area contributed by atoms with Crippen LogP contribution in [-0.4, -0.2) is 32.8 Å². The fraction of sp³-hybridized carbons (Fsp3) is 0.381. The first-order valence-corrected chi connectivity index (χ1v) is 9.23. The third-order valence-electron chi connectivity index (χ3n) is 4.20. The van der Waals surface area contributed by atoms with Gasteiger partial charge in [0.1, 0.15) is 5.75 Å². The number of nitrogens with one attached hydrogen (secondary N) is 1. The smallest absolute Gasteiger partial charge is 0.260 e. The summed E-state index contributed by atoms with van der Waals surface area (Å²) in [5.41, 5.74) is 2.04. The highest BCUT2D eigenvalue weighted by Gasteiger charge is 2.14. The molecule has 2 rings (SSSR count). The zero-order chi connectivity index (χ0) is 19.8. The predicted octanol–water partition coefficient (Wildman–Crippen LogP) is 4.18. The van der Waals surface area contributed by atoms with Crippen LogP contribution in [0.25, 0.3) is 0 Å². The van der Waals surface area contributed by atoms with Crippen molar-refractivity contribution >= 4 is 17.5 Å². The van der Waals surface area contributed by atoms with Gasteiger partial charge < -0.3 is 19.5 Å². The average Bonchev–Trinajstić information content (AvgIpc) is 2.67. The van der Waals surface area contributed by atoms with E-state index in [-0.39, 0.29) is 5.91 Å². The molecule has 0 saturated carbocycles. The summed E-state index contributed by atoms with van der Waals surface area (Å²) in [6.45, 7) is 4.20. The lowest BCUT2D eigenvalue weighted by molar-refractivity contribution is -0.127. The van der Waals surface area contributed by atoms with Crippen LogP contribution in [0.2, 0.25) is 5.02 Å². The predicted molar refractivity (Wildman–Crippen MR) is 107 cm³/mol. The highest BCUT2D eigenvalue weighted by molar-refractivity contribution is 6.31. The van der Waals surface area contributed by atoms with Crippen molar-refractivity contribution in [3.8, 4) is 17.2 Å². The monoisotopic (exact) mass is 391 g/mol. The first-order valence-electron chi connectivity index (χ1n) is 8.86. The second-order valence-electron chi connectivity index (χ2n) is 6.25. The minimum atomic E-state index is -0.577. The molecule has 1 atom stereocenters. The van der Waals surface area contributed by atoms with Crippen LogP contribution in [0.3, 0.4) is 0 Å². The number of aryl methyl sites for hydroxylation is 2. The van der Waals surface area contributed by atoms with Gasteiger partial charge in [0.2, 0.25) is 0 Å². The van der Waals surface area contributed by atoms with Crippen molar-refractivity contribution in [1.29, 1.82) is 0 Å². The molecule has 146 valence electrons. The van der Waals surface area contributed by atoms with Crippen LogP contribution in [-0.2, 0) is 11.2 Å². The van der Waals surface area contributed by atoms with Crippen LogP contribution in [0.1, 0.15) is 24.5 Å². The van der Waals surface area contributed by atoms with Crippen LogP contribution in [0.5, 0.6) is 17.2 Å². The molecule has 6 heteroatoms. The van der Waals surface area contributed by atoms with Gasteiger partial charge in [0.05, 0.1) is 14.2 Å². The summed E-state index contributed by atoms with van der Waals surface area (Å²) < 4.78 is 16.2. The lowest BCUT2D eigenvalue weighted by Crippen LogP contribution is -2.36. The molecule has 0 bridgehead atoms. The molecule has 2 aromatic rings. The molecule has 0 aliphatic heterocycles. The Bertz CT molecular complexity index is 779. The van der Waals surface area contributed by atoms with E-state index in [9.17, 15) is 4.79 Å². The second-order valence-corrected chi connectivity index (χ2v) is 6.66. The molecule has 27 heavy (non-hydrogen) atoms. The molecule has 0 aliphatic carbocycles. The van der Waals surface area contributed by atoms with E-state index in [0.29, 0.717) is 28.8 Å². The third kappa shape index (κ3) is 6.07. The number of rotatable bonds is 9. The van der Waals surface area contributed by atoms with Crippen LogP contribution in [0.4, 0.5) is 0 Å². The highest BCUT2D eigenvalue weighted by Crippen LogP contribution is 2.28. The van der Waals surface area contributed by atoms with E-state index in [4.69, 9.17) is 25.8 Å². The number of ether oxygens (including phenoxy) is 3. The summed E-state index contributed by atoms with van der Waals surface area (Å²) in [5.74, 6) is 1.90. The lowest BCUT2D eigenvalue weighted by Gasteiger charge is -2.15. The fourth-order valence-corrected chi connectivity index (χ4v) is 2.75. The molecule has 5 nitrogen and oxygen atoms in total. The van der Waals surface area contributed by atoms with Gasteiger partial charge in [0, 0.05) is 11.6 Å². The molecule has 0 unspecified atom stereocenters. The summed E-state index contributed by atoms with van der Waals surface area (Å²) in [5, 5.41) is 3.58. The highest BCUT2D eigenvalue weighted by atomic mass is 35.5. The van der Waals surface area contributed by atoms with E-state index in [2.05, 4.69) is 5.32 Å². The molecule has 0 saturated heterocycles. The molecule has 0 heterocycles. The van der Waals surface area contributed by atoms with E-state index < -0.39 is 6.10 Å². The van der Waals surface area contributed by atoms with Crippen LogP contribution < -0.4 is 19.5 Å². The van der Waals surface area contributed by atoms with E-state index >= 15 is 0 Å². The molecule has 0 aromatic heterocycles. The van der Waals surface area contributed by atoms with Gasteiger partial charge in [-0.15, -0.1) is 0 Å². The van der Waals surface area contributed by atoms with E-state index in [1.807, 2.05) is 31.2 Å². The maximum absolute atomic E-state index is 12.2. The van der Waals surface area contributed by atoms with Gasteiger partial charge in [-0.25, -0.2) is 0 Å². The summed E-state index contributed by atoms with van der Waals surface area (Å²) in [6, 6.07) is 11.2. The Morgan fingerprint density at radius 1 is 1.11 bits per heavy atom. The van der Waals surface area contributed by atoms with Gasteiger partial charge in [-0.3, -0.25) is 4.79 Å². The minimum Gasteiger partial charge on any atom is -0.493 e.